The molecule has 298 valence electrons. The number of aromatic nitrogens is 4. The van der Waals surface area contributed by atoms with Crippen LogP contribution in [0.25, 0.3) is 11.1 Å². The highest BCUT2D eigenvalue weighted by molar-refractivity contribution is 9.10. The van der Waals surface area contributed by atoms with Crippen LogP contribution in [0.5, 0.6) is 0 Å². The second-order valence-electron chi connectivity index (χ2n) is 14.4. The lowest BCUT2D eigenvalue weighted by atomic mass is 9.78. The van der Waals surface area contributed by atoms with Crippen molar-refractivity contribution in [1.29, 1.82) is 0 Å². The largest absolute Gasteiger partial charge is 0.494 e. The number of carboxylic acid groups (broad SMARTS) is 2. The van der Waals surface area contributed by atoms with E-state index in [0.717, 1.165) is 22.3 Å². The minimum absolute atomic E-state index is 0.151. The molecule has 0 bridgehead atoms. The molecule has 0 atom stereocenters. The molecule has 2 aromatic heterocycles. The third-order valence-corrected chi connectivity index (χ3v) is 9.87. The molecule has 6 aromatic rings. The lowest BCUT2D eigenvalue weighted by Gasteiger charge is -2.32. The summed E-state index contributed by atoms with van der Waals surface area (Å²) in [5, 5.41) is 17.4. The summed E-state index contributed by atoms with van der Waals surface area (Å²) in [5.74, 6) is -1.68. The normalized spacial score (nSPS) is 13.7. The fourth-order valence-corrected chi connectivity index (χ4v) is 5.82. The van der Waals surface area contributed by atoms with Crippen molar-refractivity contribution in [1.82, 2.24) is 19.9 Å². The van der Waals surface area contributed by atoms with Crippen LogP contribution in [0.1, 0.15) is 61.6 Å². The maximum atomic E-state index is 14.0. The number of hydrogen-bond donors (Lipinski definition) is 2. The molecule has 0 saturated carbocycles. The van der Waals surface area contributed by atoms with Crippen LogP contribution in [-0.2, 0) is 44.6 Å². The fraction of sp³-hybridized carbons (Fsp3) is 0.227. The van der Waals surface area contributed by atoms with E-state index in [1.54, 1.807) is 36.9 Å². The van der Waals surface area contributed by atoms with Crippen molar-refractivity contribution in [3.05, 3.63) is 172 Å². The zero-order valence-electron chi connectivity index (χ0n) is 32.4. The van der Waals surface area contributed by atoms with Gasteiger partial charge in [-0.2, -0.15) is 0 Å². The average Bonchev–Trinajstić information content (AvgIpc) is 3.41. The van der Waals surface area contributed by atoms with Crippen LogP contribution in [0, 0.1) is 11.6 Å². The zero-order valence-corrected chi connectivity index (χ0v) is 34.0. The van der Waals surface area contributed by atoms with E-state index in [9.17, 15) is 18.4 Å². The first-order valence-corrected chi connectivity index (χ1v) is 19.1. The predicted molar refractivity (Wildman–Crippen MR) is 220 cm³/mol. The summed E-state index contributed by atoms with van der Waals surface area (Å²) in [7, 11) is -0.645. The average molecular weight is 852 g/mol. The highest BCUT2D eigenvalue weighted by atomic mass is 79.9. The van der Waals surface area contributed by atoms with Gasteiger partial charge >= 0.3 is 19.1 Å². The second kappa shape index (κ2) is 19.6. The van der Waals surface area contributed by atoms with Crippen LogP contribution in [0.3, 0.4) is 0 Å². The van der Waals surface area contributed by atoms with E-state index in [0.29, 0.717) is 28.8 Å². The summed E-state index contributed by atoms with van der Waals surface area (Å²) < 4.78 is 40.4. The molecule has 0 amide bonds. The van der Waals surface area contributed by atoms with Gasteiger partial charge in [0.05, 0.1) is 28.5 Å². The summed E-state index contributed by atoms with van der Waals surface area (Å²) in [6.45, 7) is 7.68. The Bertz CT molecular complexity index is 2290. The summed E-state index contributed by atoms with van der Waals surface area (Å²) in [4.78, 5) is 38.4. The molecule has 0 unspecified atom stereocenters. The third kappa shape index (κ3) is 12.4. The molecule has 1 aliphatic rings. The monoisotopic (exact) mass is 850 g/mol. The maximum Gasteiger partial charge on any atom is 0.494 e. The Morgan fingerprint density at radius 3 is 1.48 bits per heavy atom. The fourth-order valence-electron chi connectivity index (χ4n) is 5.61. The first-order chi connectivity index (χ1) is 27.6. The number of benzene rings is 4. The molecular weight excluding hydrogens is 809 g/mol. The molecule has 4 aromatic carbocycles. The van der Waals surface area contributed by atoms with Crippen LogP contribution in [-0.4, -0.2) is 60.4 Å². The van der Waals surface area contributed by atoms with E-state index < -0.39 is 41.9 Å². The van der Waals surface area contributed by atoms with Crippen molar-refractivity contribution in [2.45, 2.75) is 64.6 Å². The molecule has 1 saturated heterocycles. The Labute approximate surface area is 344 Å². The Kier molecular flexibility index (Phi) is 14.7. The van der Waals surface area contributed by atoms with Crippen LogP contribution in [0.4, 0.5) is 8.78 Å². The molecule has 14 heteroatoms. The van der Waals surface area contributed by atoms with Crippen LogP contribution in [0.15, 0.2) is 126 Å². The number of carboxylic acids is 2. The van der Waals surface area contributed by atoms with Crippen molar-refractivity contribution < 1.29 is 37.9 Å². The minimum Gasteiger partial charge on any atom is -0.481 e. The smallest absolute Gasteiger partial charge is 0.481 e. The van der Waals surface area contributed by atoms with Crippen molar-refractivity contribution >= 4 is 40.4 Å². The van der Waals surface area contributed by atoms with Crippen LogP contribution in [0.2, 0.25) is 0 Å². The third-order valence-electron chi connectivity index (χ3n) is 9.46. The lowest BCUT2D eigenvalue weighted by Crippen LogP contribution is -2.41. The number of hydrogen-bond acceptors (Lipinski definition) is 8. The Hall–Kier alpha value is -5.70. The first-order valence-electron chi connectivity index (χ1n) is 18.3. The van der Waals surface area contributed by atoms with Crippen molar-refractivity contribution in [2.24, 2.45) is 0 Å². The molecule has 2 N–H and O–H groups in total. The van der Waals surface area contributed by atoms with E-state index in [1.165, 1.54) is 29.8 Å². The number of rotatable bonds is 10. The summed E-state index contributed by atoms with van der Waals surface area (Å²) in [5.41, 5.74) is 3.53. The number of aliphatic carboxylic acids is 2. The number of carbonyl (C=O) groups is 2. The lowest BCUT2D eigenvalue weighted by molar-refractivity contribution is -0.137. The van der Waals surface area contributed by atoms with Crippen LogP contribution >= 0.6 is 15.9 Å². The Morgan fingerprint density at radius 1 is 0.621 bits per heavy atom. The zero-order chi connectivity index (χ0) is 41.9. The van der Waals surface area contributed by atoms with Gasteiger partial charge in [-0.25, -0.2) is 28.7 Å². The molecule has 0 spiro atoms. The van der Waals surface area contributed by atoms with Gasteiger partial charge in [0.15, 0.2) is 0 Å². The molecule has 7 rings (SSSR count). The van der Waals surface area contributed by atoms with Gasteiger partial charge in [-0.3, -0.25) is 9.59 Å². The first kappa shape index (κ1) is 43.4. The van der Waals surface area contributed by atoms with Gasteiger partial charge in [0.2, 0.25) is 0 Å². The molecule has 0 aliphatic carbocycles. The van der Waals surface area contributed by atoms with Gasteiger partial charge in [0.25, 0.3) is 0 Å². The van der Waals surface area contributed by atoms with E-state index in [1.807, 2.05) is 76.2 Å². The van der Waals surface area contributed by atoms with Gasteiger partial charge in [-0.15, -0.1) is 0 Å². The standard InChI is InChI=1S/C19H15FN2O2.C14H18BFO4.C11H9BrN2/c20-17-9-14(6-7-15(17)10-19(23)24)16-11-21-18(22-12-16)8-13-4-2-1-3-5-13;1-13(2)14(3,4)20-15(19-13)10-6-5-9(7-12(17)18)11(16)8-10;12-10-7-13-11(14-8-10)6-9-4-2-1-3-5-9/h1-7,9,11-12H,8,10H2,(H,23,24);5-6,8H,7H2,1-4H3,(H,17,18);1-5,7-8H,6H2. The van der Waals surface area contributed by atoms with Crippen molar-refractivity contribution in [2.75, 3.05) is 0 Å². The van der Waals surface area contributed by atoms with Gasteiger partial charge in [0.1, 0.15) is 23.3 Å². The second-order valence-corrected chi connectivity index (χ2v) is 15.3. The van der Waals surface area contributed by atoms with Gasteiger partial charge in [-0.1, -0.05) is 84.9 Å². The predicted octanol–water partition coefficient (Wildman–Crippen LogP) is 8.08. The summed E-state index contributed by atoms with van der Waals surface area (Å²) in [6.07, 6.45) is 7.58. The quantitative estimate of drug-likeness (QED) is 0.130. The maximum absolute atomic E-state index is 14.0. The van der Waals surface area contributed by atoms with E-state index >= 15 is 0 Å². The van der Waals surface area contributed by atoms with Gasteiger partial charge < -0.3 is 19.5 Å². The summed E-state index contributed by atoms with van der Waals surface area (Å²) >= 11 is 3.31. The summed E-state index contributed by atoms with van der Waals surface area (Å²) in [6, 6.07) is 29.0. The van der Waals surface area contributed by atoms with E-state index in [-0.39, 0.29) is 24.0 Å². The highest BCUT2D eigenvalue weighted by Gasteiger charge is 2.51. The van der Waals surface area contributed by atoms with Gasteiger partial charge in [-0.05, 0) is 89.0 Å². The van der Waals surface area contributed by atoms with Crippen molar-refractivity contribution in [3.8, 4) is 11.1 Å². The molecule has 0 radical (unpaired) electrons. The van der Waals surface area contributed by atoms with E-state index in [4.69, 9.17) is 19.5 Å². The molecule has 1 fully saturated rings. The topological polar surface area (TPSA) is 145 Å². The molecular formula is C44H42BBrF2N4O6. The SMILES string of the molecule is Brc1cnc(Cc2ccccc2)nc1.CC1(C)OB(c2ccc(CC(=O)O)c(F)c2)OC1(C)C.O=C(O)Cc1ccc(-c2cnc(Cc3ccccc3)nc2)cc1F. The highest BCUT2D eigenvalue weighted by Crippen LogP contribution is 2.36. The molecule has 1 aliphatic heterocycles. The molecule has 58 heavy (non-hydrogen) atoms. The number of halogens is 3. The van der Waals surface area contributed by atoms with E-state index in [2.05, 4.69) is 48.0 Å². The molecule has 10 nitrogen and oxygen atoms in total. The minimum atomic E-state index is -1.06. The van der Waals surface area contributed by atoms with Crippen molar-refractivity contribution in [3.63, 3.8) is 0 Å². The molecule has 3 heterocycles. The Balaban J connectivity index is 0.000000171. The Morgan fingerprint density at radius 2 is 1.05 bits per heavy atom. The van der Waals surface area contributed by atoms with Crippen LogP contribution < -0.4 is 5.46 Å². The number of nitrogens with zero attached hydrogens (tertiary/aromatic N) is 4. The van der Waals surface area contributed by atoms with Gasteiger partial charge in [0, 0.05) is 43.2 Å².